The summed E-state index contributed by atoms with van der Waals surface area (Å²) in [5, 5.41) is 23.8. The maximum absolute atomic E-state index is 13.2. The lowest BCUT2D eigenvalue weighted by atomic mass is 10.0. The number of rotatable bonds is 48. The van der Waals surface area contributed by atoms with Crippen molar-refractivity contribution in [1.29, 1.82) is 0 Å². The highest BCUT2D eigenvalue weighted by molar-refractivity contribution is 5.77. The molecular formula is C55H103NO5. The highest BCUT2D eigenvalue weighted by Gasteiger charge is 2.24. The van der Waals surface area contributed by atoms with Crippen LogP contribution in [0.25, 0.3) is 0 Å². The lowest BCUT2D eigenvalue weighted by molar-refractivity contribution is -0.151. The van der Waals surface area contributed by atoms with Gasteiger partial charge in [-0.1, -0.05) is 237 Å². The first-order valence-electron chi connectivity index (χ1n) is 26.7. The maximum atomic E-state index is 13.2. The van der Waals surface area contributed by atoms with Crippen LogP contribution in [0.3, 0.4) is 0 Å². The van der Waals surface area contributed by atoms with E-state index in [2.05, 4.69) is 62.5 Å². The Hall–Kier alpha value is -1.92. The van der Waals surface area contributed by atoms with Crippen LogP contribution in [0.15, 0.2) is 36.5 Å². The fourth-order valence-corrected chi connectivity index (χ4v) is 8.14. The summed E-state index contributed by atoms with van der Waals surface area (Å²) in [7, 11) is 0. The summed E-state index contributed by atoms with van der Waals surface area (Å²) in [5.41, 5.74) is 0. The molecule has 0 aliphatic heterocycles. The molecule has 0 aromatic carbocycles. The number of hydrogen-bond donors (Lipinski definition) is 3. The number of allylic oxidation sites excluding steroid dienone is 6. The Kier molecular flexibility index (Phi) is 47.6. The number of esters is 1. The predicted octanol–water partition coefficient (Wildman–Crippen LogP) is 16.1. The third-order valence-corrected chi connectivity index (χ3v) is 12.2. The number of carbonyl (C=O) groups excluding carboxylic acids is 2. The molecular weight excluding hydrogens is 755 g/mol. The van der Waals surface area contributed by atoms with E-state index in [0.29, 0.717) is 19.3 Å². The van der Waals surface area contributed by atoms with Gasteiger partial charge in [0.25, 0.3) is 0 Å². The van der Waals surface area contributed by atoms with Crippen LogP contribution in [0.4, 0.5) is 0 Å². The predicted molar refractivity (Wildman–Crippen MR) is 264 cm³/mol. The van der Waals surface area contributed by atoms with E-state index in [1.165, 1.54) is 148 Å². The Labute approximate surface area is 379 Å². The molecule has 0 saturated carbocycles. The van der Waals surface area contributed by atoms with Gasteiger partial charge in [-0.15, -0.1) is 0 Å². The first kappa shape index (κ1) is 59.1. The van der Waals surface area contributed by atoms with E-state index in [4.69, 9.17) is 4.74 Å². The molecule has 3 N–H and O–H groups in total. The zero-order chi connectivity index (χ0) is 44.5. The molecule has 358 valence electrons. The van der Waals surface area contributed by atoms with Gasteiger partial charge in [-0.3, -0.25) is 9.59 Å². The van der Waals surface area contributed by atoms with Gasteiger partial charge >= 0.3 is 5.97 Å². The molecule has 0 aliphatic rings. The molecule has 0 heterocycles. The molecule has 0 aromatic rings. The fourth-order valence-electron chi connectivity index (χ4n) is 8.14. The molecule has 1 amide bonds. The molecule has 0 rings (SSSR count). The average molecular weight is 858 g/mol. The first-order valence-corrected chi connectivity index (χ1v) is 26.7. The number of aliphatic hydroxyl groups excluding tert-OH is 2. The smallest absolute Gasteiger partial charge is 0.306 e. The molecule has 3 unspecified atom stereocenters. The standard InChI is InChI=1S/C55H103NO5/c1-4-7-10-13-16-19-22-24-26-27-28-29-32-34-37-40-43-46-51(61-55(60)48-45-42-39-36-33-30-25-23-20-17-14-11-8-5-2)49-54(59)56-52(50-57)53(58)47-44-41-38-35-31-21-18-15-12-9-6-3/h16,19,24,26,28-29,51-53,57-58H,4-15,17-18,20-23,25,27,30-50H2,1-3H3,(H,56,59)/b19-16-,26-24-,29-28-. The Morgan fingerprint density at radius 3 is 1.30 bits per heavy atom. The van der Waals surface area contributed by atoms with E-state index >= 15 is 0 Å². The minimum absolute atomic E-state index is 0.0665. The number of hydrogen-bond acceptors (Lipinski definition) is 5. The molecule has 0 aliphatic carbocycles. The summed E-state index contributed by atoms with van der Waals surface area (Å²) in [6.07, 6.45) is 57.7. The quantitative estimate of drug-likeness (QED) is 0.0322. The van der Waals surface area contributed by atoms with Gasteiger partial charge in [0, 0.05) is 6.42 Å². The fraction of sp³-hybridized carbons (Fsp3) is 0.855. The summed E-state index contributed by atoms with van der Waals surface area (Å²) in [6.45, 7) is 6.46. The summed E-state index contributed by atoms with van der Waals surface area (Å²) in [4.78, 5) is 26.2. The molecule has 0 aromatic heterocycles. The number of nitrogens with one attached hydrogen (secondary N) is 1. The van der Waals surface area contributed by atoms with Crippen LogP contribution in [-0.2, 0) is 14.3 Å². The van der Waals surface area contributed by atoms with Crippen molar-refractivity contribution in [1.82, 2.24) is 5.32 Å². The van der Waals surface area contributed by atoms with Gasteiger partial charge in [0.15, 0.2) is 0 Å². The van der Waals surface area contributed by atoms with E-state index in [1.807, 2.05) is 0 Å². The number of carbonyl (C=O) groups is 2. The van der Waals surface area contributed by atoms with Crippen molar-refractivity contribution < 1.29 is 24.5 Å². The Morgan fingerprint density at radius 1 is 0.475 bits per heavy atom. The van der Waals surface area contributed by atoms with Gasteiger partial charge < -0.3 is 20.3 Å². The number of amides is 1. The average Bonchev–Trinajstić information content (AvgIpc) is 3.25. The molecule has 3 atom stereocenters. The molecule has 6 heteroatoms. The second-order valence-electron chi connectivity index (χ2n) is 18.3. The molecule has 6 nitrogen and oxygen atoms in total. The van der Waals surface area contributed by atoms with Crippen LogP contribution in [0, 0.1) is 0 Å². The van der Waals surface area contributed by atoms with Gasteiger partial charge in [-0.2, -0.15) is 0 Å². The second kappa shape index (κ2) is 49.1. The zero-order valence-corrected chi connectivity index (χ0v) is 40.8. The van der Waals surface area contributed by atoms with Gasteiger partial charge in [0.05, 0.1) is 25.2 Å². The lowest BCUT2D eigenvalue weighted by Crippen LogP contribution is -2.46. The van der Waals surface area contributed by atoms with Crippen molar-refractivity contribution in [2.75, 3.05) is 6.61 Å². The van der Waals surface area contributed by atoms with Gasteiger partial charge in [0.1, 0.15) is 6.10 Å². The zero-order valence-electron chi connectivity index (χ0n) is 40.8. The van der Waals surface area contributed by atoms with E-state index < -0.39 is 18.2 Å². The van der Waals surface area contributed by atoms with Crippen LogP contribution < -0.4 is 5.32 Å². The van der Waals surface area contributed by atoms with Crippen molar-refractivity contribution in [3.8, 4) is 0 Å². The van der Waals surface area contributed by atoms with Crippen molar-refractivity contribution in [2.45, 2.75) is 296 Å². The Morgan fingerprint density at radius 2 is 0.836 bits per heavy atom. The maximum Gasteiger partial charge on any atom is 0.306 e. The number of unbranched alkanes of at least 4 members (excludes halogenated alkanes) is 30. The van der Waals surface area contributed by atoms with Crippen molar-refractivity contribution in [3.05, 3.63) is 36.5 Å². The minimum atomic E-state index is -0.791. The molecule has 0 fully saturated rings. The van der Waals surface area contributed by atoms with Crippen LogP contribution >= 0.6 is 0 Å². The molecule has 61 heavy (non-hydrogen) atoms. The summed E-state index contributed by atoms with van der Waals surface area (Å²) in [6, 6.07) is -0.705. The topological polar surface area (TPSA) is 95.9 Å². The Balaban J connectivity index is 4.61. The molecule has 0 saturated heterocycles. The first-order chi connectivity index (χ1) is 30.0. The lowest BCUT2D eigenvalue weighted by Gasteiger charge is -2.24. The summed E-state index contributed by atoms with van der Waals surface area (Å²) < 4.78 is 5.94. The summed E-state index contributed by atoms with van der Waals surface area (Å²) in [5.74, 6) is -0.484. The van der Waals surface area contributed by atoms with E-state index in [0.717, 1.165) is 83.5 Å². The monoisotopic (exact) mass is 858 g/mol. The van der Waals surface area contributed by atoms with E-state index in [-0.39, 0.29) is 24.9 Å². The minimum Gasteiger partial charge on any atom is -0.462 e. The van der Waals surface area contributed by atoms with Gasteiger partial charge in [-0.25, -0.2) is 0 Å². The van der Waals surface area contributed by atoms with Gasteiger partial charge in [-0.05, 0) is 64.2 Å². The van der Waals surface area contributed by atoms with Crippen LogP contribution in [-0.4, -0.2) is 46.9 Å². The highest BCUT2D eigenvalue weighted by Crippen LogP contribution is 2.18. The summed E-state index contributed by atoms with van der Waals surface area (Å²) >= 11 is 0. The number of aliphatic hydroxyl groups is 2. The van der Waals surface area contributed by atoms with Crippen LogP contribution in [0.5, 0.6) is 0 Å². The normalized spacial score (nSPS) is 13.5. The van der Waals surface area contributed by atoms with Crippen molar-refractivity contribution >= 4 is 11.9 Å². The van der Waals surface area contributed by atoms with Crippen LogP contribution in [0.2, 0.25) is 0 Å². The third kappa shape index (κ3) is 44.5. The SMILES string of the molecule is CCCCC/C=C\C/C=C\C/C=C\CCCCCCC(CC(=O)NC(CO)C(O)CCCCCCCCCCCCC)OC(=O)CCCCCCCCCCCCCCCC. The van der Waals surface area contributed by atoms with Crippen molar-refractivity contribution in [3.63, 3.8) is 0 Å². The largest absolute Gasteiger partial charge is 0.462 e. The molecule has 0 radical (unpaired) electrons. The molecule has 0 bridgehead atoms. The highest BCUT2D eigenvalue weighted by atomic mass is 16.5. The third-order valence-electron chi connectivity index (χ3n) is 12.2. The molecule has 0 spiro atoms. The van der Waals surface area contributed by atoms with Crippen LogP contribution in [0.1, 0.15) is 278 Å². The van der Waals surface area contributed by atoms with Gasteiger partial charge in [0.2, 0.25) is 5.91 Å². The van der Waals surface area contributed by atoms with E-state index in [1.54, 1.807) is 0 Å². The van der Waals surface area contributed by atoms with E-state index in [9.17, 15) is 19.8 Å². The second-order valence-corrected chi connectivity index (χ2v) is 18.3. The number of ether oxygens (including phenoxy) is 1. The van der Waals surface area contributed by atoms with Crippen molar-refractivity contribution in [2.24, 2.45) is 0 Å². The Bertz CT molecular complexity index is 1010.